The van der Waals surface area contributed by atoms with Crippen molar-refractivity contribution in [1.29, 1.82) is 0 Å². The second kappa shape index (κ2) is 5.54. The van der Waals surface area contributed by atoms with Crippen molar-refractivity contribution < 1.29 is 4.74 Å². The molecule has 0 saturated heterocycles. The number of aromatic nitrogens is 2. The van der Waals surface area contributed by atoms with Gasteiger partial charge in [0.2, 0.25) is 0 Å². The minimum atomic E-state index is 0.738. The molecule has 0 saturated carbocycles. The summed E-state index contributed by atoms with van der Waals surface area (Å²) in [5.74, 6) is 1.63. The van der Waals surface area contributed by atoms with E-state index in [0.717, 1.165) is 34.0 Å². The molecule has 2 N–H and O–H groups in total. The van der Waals surface area contributed by atoms with Gasteiger partial charge in [-0.15, -0.1) is 0 Å². The summed E-state index contributed by atoms with van der Waals surface area (Å²) in [6, 6.07) is 6.04. The van der Waals surface area contributed by atoms with E-state index in [9.17, 15) is 0 Å². The predicted molar refractivity (Wildman–Crippen MR) is 75.8 cm³/mol. The number of halogens is 1. The maximum atomic E-state index is 5.37. The number of nitrogens with one attached hydrogen (secondary N) is 2. The van der Waals surface area contributed by atoms with Gasteiger partial charge in [-0.1, -0.05) is 11.6 Å². The SMILES string of the molecule is CNCc1[nH]c(-c2cc(C)ccc2OC)nc1Br. The summed E-state index contributed by atoms with van der Waals surface area (Å²) in [6.45, 7) is 2.79. The Hall–Kier alpha value is -1.33. The summed E-state index contributed by atoms with van der Waals surface area (Å²) in [7, 11) is 3.57. The number of hydrogen-bond acceptors (Lipinski definition) is 3. The molecule has 1 aromatic carbocycles. The number of hydrogen-bond donors (Lipinski definition) is 2. The normalized spacial score (nSPS) is 10.7. The van der Waals surface area contributed by atoms with Crippen LogP contribution in [0.25, 0.3) is 11.4 Å². The largest absolute Gasteiger partial charge is 0.496 e. The minimum absolute atomic E-state index is 0.738. The molecule has 2 rings (SSSR count). The first-order valence-corrected chi connectivity index (χ1v) is 6.49. The van der Waals surface area contributed by atoms with Gasteiger partial charge in [-0.25, -0.2) is 4.98 Å². The van der Waals surface area contributed by atoms with Gasteiger partial charge in [-0.3, -0.25) is 0 Å². The van der Waals surface area contributed by atoms with E-state index in [2.05, 4.69) is 44.2 Å². The van der Waals surface area contributed by atoms with Gasteiger partial charge in [0, 0.05) is 6.54 Å². The predicted octanol–water partition coefficient (Wildman–Crippen LogP) is 2.88. The number of rotatable bonds is 4. The molecule has 0 aliphatic heterocycles. The average molecular weight is 310 g/mol. The van der Waals surface area contributed by atoms with Crippen LogP contribution in [0.15, 0.2) is 22.8 Å². The van der Waals surface area contributed by atoms with Crippen LogP contribution in [-0.2, 0) is 6.54 Å². The van der Waals surface area contributed by atoms with Crippen LogP contribution >= 0.6 is 15.9 Å². The Kier molecular flexibility index (Phi) is 4.04. The number of benzene rings is 1. The van der Waals surface area contributed by atoms with Crippen molar-refractivity contribution in [3.63, 3.8) is 0 Å². The highest BCUT2D eigenvalue weighted by molar-refractivity contribution is 9.10. The van der Waals surface area contributed by atoms with E-state index >= 15 is 0 Å². The molecule has 0 bridgehead atoms. The third kappa shape index (κ3) is 2.57. The Morgan fingerprint density at radius 3 is 2.89 bits per heavy atom. The fourth-order valence-corrected chi connectivity index (χ4v) is 2.23. The van der Waals surface area contributed by atoms with Crippen molar-refractivity contribution in [2.75, 3.05) is 14.2 Å². The van der Waals surface area contributed by atoms with Gasteiger partial charge in [0.25, 0.3) is 0 Å². The first-order valence-electron chi connectivity index (χ1n) is 5.69. The van der Waals surface area contributed by atoms with Gasteiger partial charge in [0.05, 0.1) is 18.4 Å². The standard InChI is InChI=1S/C13H16BrN3O/c1-8-4-5-11(18-3)9(6-8)13-16-10(7-15-2)12(14)17-13/h4-6,15H,7H2,1-3H3,(H,16,17). The van der Waals surface area contributed by atoms with Gasteiger partial charge < -0.3 is 15.0 Å². The highest BCUT2D eigenvalue weighted by Crippen LogP contribution is 2.30. The van der Waals surface area contributed by atoms with Gasteiger partial charge in [0.1, 0.15) is 16.2 Å². The Morgan fingerprint density at radius 1 is 1.44 bits per heavy atom. The number of aryl methyl sites for hydroxylation is 1. The second-order valence-electron chi connectivity index (χ2n) is 4.09. The molecule has 0 aliphatic rings. The Labute approximate surface area is 115 Å². The van der Waals surface area contributed by atoms with Crippen molar-refractivity contribution in [2.24, 2.45) is 0 Å². The van der Waals surface area contributed by atoms with Crippen LogP contribution < -0.4 is 10.1 Å². The molecule has 0 atom stereocenters. The molecule has 96 valence electrons. The van der Waals surface area contributed by atoms with Crippen molar-refractivity contribution in [2.45, 2.75) is 13.5 Å². The number of aromatic amines is 1. The number of imidazole rings is 1. The van der Waals surface area contributed by atoms with Crippen molar-refractivity contribution in [3.05, 3.63) is 34.1 Å². The monoisotopic (exact) mass is 309 g/mol. The lowest BCUT2D eigenvalue weighted by Crippen LogP contribution is -2.05. The zero-order valence-corrected chi connectivity index (χ0v) is 12.3. The number of methoxy groups -OCH3 is 1. The maximum Gasteiger partial charge on any atom is 0.142 e. The molecule has 4 nitrogen and oxygen atoms in total. The van der Waals surface area contributed by atoms with Crippen LogP contribution in [0.1, 0.15) is 11.3 Å². The van der Waals surface area contributed by atoms with E-state index in [4.69, 9.17) is 4.74 Å². The van der Waals surface area contributed by atoms with E-state index in [1.54, 1.807) is 7.11 Å². The van der Waals surface area contributed by atoms with Crippen LogP contribution in [0.2, 0.25) is 0 Å². The zero-order valence-electron chi connectivity index (χ0n) is 10.7. The number of H-pyrrole nitrogens is 1. The summed E-state index contributed by atoms with van der Waals surface area (Å²) in [4.78, 5) is 7.79. The number of nitrogens with zero attached hydrogens (tertiary/aromatic N) is 1. The summed E-state index contributed by atoms with van der Waals surface area (Å²) in [5.41, 5.74) is 3.17. The van der Waals surface area contributed by atoms with Crippen LogP contribution in [0.5, 0.6) is 5.75 Å². The molecule has 1 heterocycles. The minimum Gasteiger partial charge on any atom is -0.496 e. The lowest BCUT2D eigenvalue weighted by atomic mass is 10.1. The molecule has 1 aromatic heterocycles. The van der Waals surface area contributed by atoms with E-state index < -0.39 is 0 Å². The molecule has 2 aromatic rings. The van der Waals surface area contributed by atoms with E-state index in [1.165, 1.54) is 5.56 Å². The third-order valence-electron chi connectivity index (χ3n) is 2.69. The average Bonchev–Trinajstić information content (AvgIpc) is 2.71. The highest BCUT2D eigenvalue weighted by Gasteiger charge is 2.13. The van der Waals surface area contributed by atoms with Gasteiger partial charge >= 0.3 is 0 Å². The molecule has 0 unspecified atom stereocenters. The van der Waals surface area contributed by atoms with Crippen molar-refractivity contribution in [1.82, 2.24) is 15.3 Å². The Balaban J connectivity index is 2.47. The molecule has 0 amide bonds. The first-order chi connectivity index (χ1) is 8.65. The molecule has 0 aliphatic carbocycles. The van der Waals surface area contributed by atoms with Crippen molar-refractivity contribution >= 4 is 15.9 Å². The summed E-state index contributed by atoms with van der Waals surface area (Å²) in [6.07, 6.45) is 0. The molecular formula is C13H16BrN3O. The lowest BCUT2D eigenvalue weighted by Gasteiger charge is -2.06. The lowest BCUT2D eigenvalue weighted by molar-refractivity contribution is 0.416. The van der Waals surface area contributed by atoms with E-state index in [0.29, 0.717) is 0 Å². The van der Waals surface area contributed by atoms with Gasteiger partial charge in [-0.05, 0) is 42.0 Å². The van der Waals surface area contributed by atoms with Crippen LogP contribution in [0.3, 0.4) is 0 Å². The summed E-state index contributed by atoms with van der Waals surface area (Å²) < 4.78 is 6.20. The smallest absolute Gasteiger partial charge is 0.142 e. The zero-order chi connectivity index (χ0) is 13.1. The molecule has 0 spiro atoms. The van der Waals surface area contributed by atoms with E-state index in [1.807, 2.05) is 19.2 Å². The fourth-order valence-electron chi connectivity index (χ4n) is 1.82. The molecule has 0 radical (unpaired) electrons. The molecular weight excluding hydrogens is 294 g/mol. The fraction of sp³-hybridized carbons (Fsp3) is 0.308. The van der Waals surface area contributed by atoms with Crippen LogP contribution in [0.4, 0.5) is 0 Å². The van der Waals surface area contributed by atoms with Crippen molar-refractivity contribution in [3.8, 4) is 17.1 Å². The third-order valence-corrected chi connectivity index (χ3v) is 3.35. The number of ether oxygens (including phenoxy) is 1. The maximum absolute atomic E-state index is 5.37. The Morgan fingerprint density at radius 2 is 2.22 bits per heavy atom. The highest BCUT2D eigenvalue weighted by atomic mass is 79.9. The second-order valence-corrected chi connectivity index (χ2v) is 4.84. The van der Waals surface area contributed by atoms with Crippen LogP contribution in [-0.4, -0.2) is 24.1 Å². The van der Waals surface area contributed by atoms with Gasteiger partial charge in [0.15, 0.2) is 0 Å². The van der Waals surface area contributed by atoms with Gasteiger partial charge in [-0.2, -0.15) is 0 Å². The summed E-state index contributed by atoms with van der Waals surface area (Å²) in [5, 5.41) is 3.10. The summed E-state index contributed by atoms with van der Waals surface area (Å²) >= 11 is 3.46. The topological polar surface area (TPSA) is 49.9 Å². The molecule has 18 heavy (non-hydrogen) atoms. The molecule has 5 heteroatoms. The van der Waals surface area contributed by atoms with Crippen LogP contribution in [0, 0.1) is 6.92 Å². The van der Waals surface area contributed by atoms with E-state index in [-0.39, 0.29) is 0 Å². The first kappa shape index (κ1) is 13.1. The quantitative estimate of drug-likeness (QED) is 0.913. The Bertz CT molecular complexity index is 551. The molecule has 0 fully saturated rings.